The lowest BCUT2D eigenvalue weighted by molar-refractivity contribution is -0.122. The molecule has 0 aromatic carbocycles. The maximum Gasteiger partial charge on any atom is 0.408 e. The van der Waals surface area contributed by atoms with Gasteiger partial charge in [0.15, 0.2) is 0 Å². The van der Waals surface area contributed by atoms with Crippen LogP contribution in [0.1, 0.15) is 40.0 Å². The van der Waals surface area contributed by atoms with Crippen LogP contribution in [0.2, 0.25) is 0 Å². The van der Waals surface area contributed by atoms with Crippen molar-refractivity contribution < 1.29 is 22.7 Å². The predicted molar refractivity (Wildman–Crippen MR) is 88.3 cm³/mol. The molecule has 0 aromatic rings. The maximum absolute atomic E-state index is 12.5. The molecule has 24 heavy (non-hydrogen) atoms. The molecule has 9 heteroatoms. The standard InChI is InChI=1S/C15H25N3O5S/c1-5-11-10-15(11,16-13(20)23-14(2,3)4)12(19)17-24(21,22)18-8-6-7-9-18/h5,11H,1,6-10H2,2-4H3,(H,16,20)(H,17,19)/t11-,15-/m1/s1. The molecule has 2 rings (SSSR count). The van der Waals surface area contributed by atoms with Gasteiger partial charge in [-0.25, -0.2) is 9.52 Å². The third-order valence-electron chi connectivity index (χ3n) is 4.06. The highest BCUT2D eigenvalue weighted by Gasteiger charge is 2.61. The van der Waals surface area contributed by atoms with Crippen molar-refractivity contribution >= 4 is 22.2 Å². The molecule has 2 atom stereocenters. The van der Waals surface area contributed by atoms with Crippen LogP contribution in [0.4, 0.5) is 4.79 Å². The number of alkyl carbamates (subject to hydrolysis) is 1. The third-order valence-corrected chi connectivity index (χ3v) is 5.54. The molecule has 2 fully saturated rings. The van der Waals surface area contributed by atoms with Gasteiger partial charge < -0.3 is 10.1 Å². The molecular formula is C15H25N3O5S. The zero-order chi connectivity index (χ0) is 18.2. The molecule has 1 aliphatic carbocycles. The van der Waals surface area contributed by atoms with Crippen molar-refractivity contribution in [3.05, 3.63) is 12.7 Å². The Morgan fingerprint density at radius 2 is 1.88 bits per heavy atom. The Balaban J connectivity index is 2.08. The first kappa shape index (κ1) is 18.7. The summed E-state index contributed by atoms with van der Waals surface area (Å²) in [6, 6.07) is 0. The first-order valence-corrected chi connectivity index (χ1v) is 9.40. The van der Waals surface area contributed by atoms with E-state index in [1.54, 1.807) is 20.8 Å². The fraction of sp³-hybridized carbons (Fsp3) is 0.733. The molecule has 0 aromatic heterocycles. The summed E-state index contributed by atoms with van der Waals surface area (Å²) >= 11 is 0. The fourth-order valence-corrected chi connectivity index (χ4v) is 4.01. The van der Waals surface area contributed by atoms with Crippen LogP contribution < -0.4 is 10.0 Å². The summed E-state index contributed by atoms with van der Waals surface area (Å²) in [6.07, 6.45) is 2.59. The minimum atomic E-state index is -3.90. The van der Waals surface area contributed by atoms with Crippen LogP contribution in [-0.4, -0.2) is 49.0 Å². The largest absolute Gasteiger partial charge is 0.444 e. The first-order chi connectivity index (χ1) is 11.0. The van der Waals surface area contributed by atoms with Crippen LogP contribution in [-0.2, 0) is 19.7 Å². The van der Waals surface area contributed by atoms with Crippen LogP contribution in [0, 0.1) is 5.92 Å². The number of amides is 2. The number of carbonyl (C=O) groups excluding carboxylic acids is 2. The molecule has 0 bridgehead atoms. The molecule has 0 radical (unpaired) electrons. The van der Waals surface area contributed by atoms with Crippen molar-refractivity contribution in [1.82, 2.24) is 14.3 Å². The number of hydrogen-bond donors (Lipinski definition) is 2. The number of nitrogens with one attached hydrogen (secondary N) is 2. The molecule has 2 amide bonds. The Hall–Kier alpha value is -1.61. The van der Waals surface area contributed by atoms with Gasteiger partial charge in [0.1, 0.15) is 11.1 Å². The topological polar surface area (TPSA) is 105 Å². The van der Waals surface area contributed by atoms with Gasteiger partial charge in [0.2, 0.25) is 0 Å². The summed E-state index contributed by atoms with van der Waals surface area (Å²) in [6.45, 7) is 9.51. The Morgan fingerprint density at radius 3 is 2.33 bits per heavy atom. The SMILES string of the molecule is C=C[C@@H]1C[C@]1(NC(=O)OC(C)(C)C)C(=O)NS(=O)(=O)N1CCCC1. The van der Waals surface area contributed by atoms with Gasteiger partial charge in [0.05, 0.1) is 0 Å². The van der Waals surface area contributed by atoms with Crippen LogP contribution in [0.3, 0.4) is 0 Å². The summed E-state index contributed by atoms with van der Waals surface area (Å²) in [7, 11) is -3.90. The van der Waals surface area contributed by atoms with E-state index in [4.69, 9.17) is 4.74 Å². The highest BCUT2D eigenvalue weighted by Crippen LogP contribution is 2.45. The summed E-state index contributed by atoms with van der Waals surface area (Å²) < 4.78 is 33.0. The number of carbonyl (C=O) groups is 2. The molecule has 0 spiro atoms. The smallest absolute Gasteiger partial charge is 0.408 e. The second kappa shape index (κ2) is 6.36. The van der Waals surface area contributed by atoms with E-state index in [1.165, 1.54) is 10.4 Å². The molecular weight excluding hydrogens is 334 g/mol. The average Bonchev–Trinajstić information content (AvgIpc) is 2.87. The van der Waals surface area contributed by atoms with E-state index in [0.29, 0.717) is 13.1 Å². The normalized spacial score (nSPS) is 27.4. The van der Waals surface area contributed by atoms with Gasteiger partial charge in [-0.1, -0.05) is 6.08 Å². The lowest BCUT2D eigenvalue weighted by Gasteiger charge is -2.24. The molecule has 1 saturated heterocycles. The van der Waals surface area contributed by atoms with E-state index in [-0.39, 0.29) is 12.3 Å². The summed E-state index contributed by atoms with van der Waals surface area (Å²) in [5.74, 6) is -1.09. The molecule has 1 aliphatic heterocycles. The van der Waals surface area contributed by atoms with Gasteiger partial charge in [-0.3, -0.25) is 4.79 Å². The average molecular weight is 359 g/mol. The summed E-state index contributed by atoms with van der Waals surface area (Å²) in [5.41, 5.74) is -2.04. The van der Waals surface area contributed by atoms with E-state index < -0.39 is 33.3 Å². The zero-order valence-electron chi connectivity index (χ0n) is 14.3. The van der Waals surface area contributed by atoms with Crippen LogP contribution in [0.15, 0.2) is 12.7 Å². The van der Waals surface area contributed by atoms with Gasteiger partial charge in [-0.05, 0) is 40.0 Å². The fourth-order valence-electron chi connectivity index (χ4n) is 2.72. The van der Waals surface area contributed by atoms with Crippen LogP contribution in [0.5, 0.6) is 0 Å². The van der Waals surface area contributed by atoms with Crippen molar-refractivity contribution in [2.45, 2.75) is 51.2 Å². The molecule has 1 saturated carbocycles. The van der Waals surface area contributed by atoms with Gasteiger partial charge >= 0.3 is 16.3 Å². The zero-order valence-corrected chi connectivity index (χ0v) is 15.1. The lowest BCUT2D eigenvalue weighted by atomic mass is 10.2. The molecule has 0 unspecified atom stereocenters. The highest BCUT2D eigenvalue weighted by molar-refractivity contribution is 7.87. The second-order valence-electron chi connectivity index (χ2n) is 7.19. The molecule has 2 N–H and O–H groups in total. The van der Waals surface area contributed by atoms with Crippen molar-refractivity contribution in [3.63, 3.8) is 0 Å². The monoisotopic (exact) mass is 359 g/mol. The number of ether oxygens (including phenoxy) is 1. The van der Waals surface area contributed by atoms with Crippen molar-refractivity contribution in [2.75, 3.05) is 13.1 Å². The van der Waals surface area contributed by atoms with Crippen LogP contribution >= 0.6 is 0 Å². The number of nitrogens with zero attached hydrogens (tertiary/aromatic N) is 1. The third kappa shape index (κ3) is 4.07. The van der Waals surface area contributed by atoms with Gasteiger partial charge in [0.25, 0.3) is 5.91 Å². The summed E-state index contributed by atoms with van der Waals surface area (Å²) in [4.78, 5) is 24.5. The van der Waals surface area contributed by atoms with Gasteiger partial charge in [-0.15, -0.1) is 6.58 Å². The molecule has 136 valence electrons. The second-order valence-corrected chi connectivity index (χ2v) is 8.86. The number of hydrogen-bond acceptors (Lipinski definition) is 5. The Morgan fingerprint density at radius 1 is 1.29 bits per heavy atom. The summed E-state index contributed by atoms with van der Waals surface area (Å²) in [5, 5.41) is 2.51. The van der Waals surface area contributed by atoms with Gasteiger partial charge in [-0.2, -0.15) is 12.7 Å². The Kier molecular flexibility index (Phi) is 4.96. The van der Waals surface area contributed by atoms with Crippen molar-refractivity contribution in [3.8, 4) is 0 Å². The minimum Gasteiger partial charge on any atom is -0.444 e. The molecule has 1 heterocycles. The molecule has 2 aliphatic rings. The Bertz CT molecular complexity index is 634. The predicted octanol–water partition coefficient (Wildman–Crippen LogP) is 0.913. The van der Waals surface area contributed by atoms with Crippen molar-refractivity contribution in [1.29, 1.82) is 0 Å². The number of rotatable bonds is 5. The van der Waals surface area contributed by atoms with E-state index >= 15 is 0 Å². The maximum atomic E-state index is 12.5. The quantitative estimate of drug-likeness (QED) is 0.710. The first-order valence-electron chi connectivity index (χ1n) is 7.96. The molecule has 8 nitrogen and oxygen atoms in total. The lowest BCUT2D eigenvalue weighted by Crippen LogP contribution is -2.54. The van der Waals surface area contributed by atoms with Crippen molar-refractivity contribution in [2.24, 2.45) is 5.92 Å². The highest BCUT2D eigenvalue weighted by atomic mass is 32.2. The van der Waals surface area contributed by atoms with E-state index in [2.05, 4.69) is 16.6 Å². The van der Waals surface area contributed by atoms with E-state index in [9.17, 15) is 18.0 Å². The Labute approximate surface area is 142 Å². The van der Waals surface area contributed by atoms with E-state index in [0.717, 1.165) is 12.8 Å². The van der Waals surface area contributed by atoms with Gasteiger partial charge in [0, 0.05) is 19.0 Å². The minimum absolute atomic E-state index is 0.289. The van der Waals surface area contributed by atoms with Crippen LogP contribution in [0.25, 0.3) is 0 Å². The van der Waals surface area contributed by atoms with E-state index in [1.807, 2.05) is 0 Å².